The van der Waals surface area contributed by atoms with Crippen molar-refractivity contribution in [3.8, 4) is 0 Å². The molecule has 1 saturated carbocycles. The number of imide groups is 1. The van der Waals surface area contributed by atoms with E-state index in [1.54, 1.807) is 0 Å². The standard InChI is InChI=1S/C12H17NO5/c1-18-8(10(15)16)7-13-9(14)6-12(11(13)17)4-2-3-5-12/h8H,2-7H2,1H3,(H,15,16). The van der Waals surface area contributed by atoms with Gasteiger partial charge in [0, 0.05) is 13.5 Å². The normalized spacial score (nSPS) is 23.9. The molecular formula is C12H17NO5. The highest BCUT2D eigenvalue weighted by Crippen LogP contribution is 2.46. The van der Waals surface area contributed by atoms with E-state index in [4.69, 9.17) is 9.84 Å². The molecule has 0 aromatic rings. The van der Waals surface area contributed by atoms with E-state index in [0.717, 1.165) is 30.6 Å². The minimum atomic E-state index is -1.16. The van der Waals surface area contributed by atoms with E-state index in [9.17, 15) is 14.4 Å². The summed E-state index contributed by atoms with van der Waals surface area (Å²) < 4.78 is 4.78. The topological polar surface area (TPSA) is 83.9 Å². The van der Waals surface area contributed by atoms with Gasteiger partial charge < -0.3 is 9.84 Å². The second-order valence-electron chi connectivity index (χ2n) is 5.04. The molecule has 6 heteroatoms. The van der Waals surface area contributed by atoms with E-state index in [1.807, 2.05) is 0 Å². The van der Waals surface area contributed by atoms with E-state index in [0.29, 0.717) is 0 Å². The largest absolute Gasteiger partial charge is 0.479 e. The monoisotopic (exact) mass is 255 g/mol. The van der Waals surface area contributed by atoms with Gasteiger partial charge in [0.2, 0.25) is 11.8 Å². The highest BCUT2D eigenvalue weighted by molar-refractivity contribution is 6.06. The van der Waals surface area contributed by atoms with Crippen LogP contribution >= 0.6 is 0 Å². The van der Waals surface area contributed by atoms with Gasteiger partial charge in [0.1, 0.15) is 0 Å². The zero-order chi connectivity index (χ0) is 13.3. The number of aliphatic carboxylic acids is 1. The lowest BCUT2D eigenvalue weighted by Crippen LogP contribution is -2.43. The van der Waals surface area contributed by atoms with E-state index in [-0.39, 0.29) is 24.8 Å². The van der Waals surface area contributed by atoms with Gasteiger partial charge in [-0.05, 0) is 12.8 Å². The molecule has 1 unspecified atom stereocenters. The maximum atomic E-state index is 12.3. The summed E-state index contributed by atoms with van der Waals surface area (Å²) in [5.74, 6) is -1.65. The van der Waals surface area contributed by atoms with Crippen molar-refractivity contribution in [2.24, 2.45) is 5.41 Å². The number of methoxy groups -OCH3 is 1. The third-order valence-electron chi connectivity index (χ3n) is 3.96. The maximum absolute atomic E-state index is 12.3. The number of amides is 2. The summed E-state index contributed by atoms with van der Waals surface area (Å²) in [7, 11) is 1.26. The quantitative estimate of drug-likeness (QED) is 0.735. The molecule has 0 bridgehead atoms. The fourth-order valence-electron chi connectivity index (χ4n) is 2.91. The van der Waals surface area contributed by atoms with Crippen LogP contribution in [0.1, 0.15) is 32.1 Å². The molecule has 2 amide bonds. The molecule has 6 nitrogen and oxygen atoms in total. The molecule has 1 saturated heterocycles. The van der Waals surface area contributed by atoms with Gasteiger partial charge in [0.05, 0.1) is 12.0 Å². The fraction of sp³-hybridized carbons (Fsp3) is 0.750. The van der Waals surface area contributed by atoms with E-state index in [2.05, 4.69) is 0 Å². The Morgan fingerprint density at radius 3 is 2.56 bits per heavy atom. The zero-order valence-electron chi connectivity index (χ0n) is 10.3. The molecule has 1 spiro atoms. The van der Waals surface area contributed by atoms with Crippen molar-refractivity contribution in [1.29, 1.82) is 0 Å². The number of carboxylic acids is 1. The number of carbonyl (C=O) groups excluding carboxylic acids is 2. The third-order valence-corrected chi connectivity index (χ3v) is 3.96. The summed E-state index contributed by atoms with van der Waals surface area (Å²) in [6.45, 7) is -0.189. The first-order chi connectivity index (χ1) is 8.50. The molecule has 1 N–H and O–H groups in total. The fourth-order valence-corrected chi connectivity index (χ4v) is 2.91. The van der Waals surface area contributed by atoms with Crippen molar-refractivity contribution in [2.75, 3.05) is 13.7 Å². The average Bonchev–Trinajstić information content (AvgIpc) is 2.86. The van der Waals surface area contributed by atoms with Gasteiger partial charge in [-0.25, -0.2) is 4.79 Å². The van der Waals surface area contributed by atoms with Crippen LogP contribution in [0.4, 0.5) is 0 Å². The Kier molecular flexibility index (Phi) is 3.38. The molecule has 2 fully saturated rings. The van der Waals surface area contributed by atoms with Crippen LogP contribution in [0.3, 0.4) is 0 Å². The first kappa shape index (κ1) is 13.0. The average molecular weight is 255 g/mol. The minimum Gasteiger partial charge on any atom is -0.479 e. The van der Waals surface area contributed by atoms with Crippen LogP contribution < -0.4 is 0 Å². The zero-order valence-corrected chi connectivity index (χ0v) is 10.3. The first-order valence-electron chi connectivity index (χ1n) is 6.10. The molecule has 1 heterocycles. The lowest BCUT2D eigenvalue weighted by Gasteiger charge is -2.22. The van der Waals surface area contributed by atoms with Gasteiger partial charge in [-0.3, -0.25) is 14.5 Å². The number of ether oxygens (including phenoxy) is 1. The highest BCUT2D eigenvalue weighted by atomic mass is 16.5. The van der Waals surface area contributed by atoms with Crippen LogP contribution in [0.5, 0.6) is 0 Å². The third kappa shape index (κ3) is 2.01. The molecule has 18 heavy (non-hydrogen) atoms. The van der Waals surface area contributed by atoms with E-state index >= 15 is 0 Å². The maximum Gasteiger partial charge on any atom is 0.334 e. The van der Waals surface area contributed by atoms with Crippen LogP contribution in [0, 0.1) is 5.41 Å². The second-order valence-corrected chi connectivity index (χ2v) is 5.04. The molecule has 2 rings (SSSR count). The predicted molar refractivity (Wildman–Crippen MR) is 60.7 cm³/mol. The van der Waals surface area contributed by atoms with Crippen molar-refractivity contribution in [3.05, 3.63) is 0 Å². The van der Waals surface area contributed by atoms with Gasteiger partial charge in [-0.15, -0.1) is 0 Å². The number of likely N-dealkylation sites (tertiary alicyclic amines) is 1. The smallest absolute Gasteiger partial charge is 0.334 e. The lowest BCUT2D eigenvalue weighted by molar-refractivity contribution is -0.153. The van der Waals surface area contributed by atoms with Gasteiger partial charge in [0.15, 0.2) is 6.10 Å². The Labute approximate surface area is 105 Å². The Morgan fingerprint density at radius 2 is 2.06 bits per heavy atom. The molecule has 1 atom stereocenters. The summed E-state index contributed by atoms with van der Waals surface area (Å²) in [5.41, 5.74) is -0.548. The molecule has 1 aliphatic heterocycles. The van der Waals surface area contributed by atoms with Gasteiger partial charge in [0.25, 0.3) is 0 Å². The second kappa shape index (κ2) is 4.68. The van der Waals surface area contributed by atoms with Crippen molar-refractivity contribution < 1.29 is 24.2 Å². The molecule has 0 aromatic carbocycles. The van der Waals surface area contributed by atoms with Crippen LogP contribution in [0.2, 0.25) is 0 Å². The lowest BCUT2D eigenvalue weighted by atomic mass is 9.84. The van der Waals surface area contributed by atoms with Crippen LogP contribution in [0.25, 0.3) is 0 Å². The Balaban J connectivity index is 2.12. The number of carbonyl (C=O) groups is 3. The molecule has 100 valence electrons. The van der Waals surface area contributed by atoms with Crippen LogP contribution in [-0.2, 0) is 19.1 Å². The van der Waals surface area contributed by atoms with Gasteiger partial charge in [-0.2, -0.15) is 0 Å². The summed E-state index contributed by atoms with van der Waals surface area (Å²) >= 11 is 0. The highest BCUT2D eigenvalue weighted by Gasteiger charge is 2.53. The Hall–Kier alpha value is -1.43. The SMILES string of the molecule is COC(CN1C(=O)CC2(CCCC2)C1=O)C(=O)O. The predicted octanol–water partition coefficient (Wildman–Crippen LogP) is 0.405. The summed E-state index contributed by atoms with van der Waals surface area (Å²) in [6, 6.07) is 0. The Morgan fingerprint density at radius 1 is 1.44 bits per heavy atom. The number of hydrogen-bond donors (Lipinski definition) is 1. The molecule has 0 aromatic heterocycles. The molecule has 1 aliphatic carbocycles. The number of hydrogen-bond acceptors (Lipinski definition) is 4. The number of carboxylic acid groups (broad SMARTS) is 1. The van der Waals surface area contributed by atoms with Crippen molar-refractivity contribution >= 4 is 17.8 Å². The summed E-state index contributed by atoms with van der Waals surface area (Å²) in [6.07, 6.45) is 2.47. The van der Waals surface area contributed by atoms with Gasteiger partial charge >= 0.3 is 5.97 Å². The van der Waals surface area contributed by atoms with E-state index < -0.39 is 17.5 Å². The van der Waals surface area contributed by atoms with Crippen molar-refractivity contribution in [1.82, 2.24) is 4.90 Å². The molecule has 0 radical (unpaired) electrons. The first-order valence-corrected chi connectivity index (χ1v) is 6.10. The summed E-state index contributed by atoms with van der Waals surface area (Å²) in [4.78, 5) is 36.1. The van der Waals surface area contributed by atoms with Crippen molar-refractivity contribution in [2.45, 2.75) is 38.2 Å². The van der Waals surface area contributed by atoms with Crippen LogP contribution in [-0.4, -0.2) is 47.5 Å². The molecule has 2 aliphatic rings. The van der Waals surface area contributed by atoms with E-state index in [1.165, 1.54) is 7.11 Å². The van der Waals surface area contributed by atoms with Crippen LogP contribution in [0.15, 0.2) is 0 Å². The van der Waals surface area contributed by atoms with Crippen molar-refractivity contribution in [3.63, 3.8) is 0 Å². The minimum absolute atomic E-state index is 0.189. The number of nitrogens with zero attached hydrogens (tertiary/aromatic N) is 1. The van der Waals surface area contributed by atoms with Gasteiger partial charge in [-0.1, -0.05) is 12.8 Å². The number of rotatable bonds is 4. The summed E-state index contributed by atoms with van der Waals surface area (Å²) in [5, 5.41) is 8.89. The molecular weight excluding hydrogens is 238 g/mol. The Bertz CT molecular complexity index is 386.